The Balaban J connectivity index is 1.44. The van der Waals surface area contributed by atoms with Gasteiger partial charge in [-0.1, -0.05) is 0 Å². The van der Waals surface area contributed by atoms with E-state index < -0.39 is 6.10 Å². The third kappa shape index (κ3) is 3.15. The number of likely N-dealkylation sites (tertiary alicyclic amines) is 1. The van der Waals surface area contributed by atoms with Crippen LogP contribution in [0, 0.1) is 0 Å². The van der Waals surface area contributed by atoms with E-state index in [2.05, 4.69) is 12.1 Å². The van der Waals surface area contributed by atoms with Gasteiger partial charge in [0.05, 0.1) is 12.7 Å². The number of rotatable bonds is 4. The second-order valence-corrected chi connectivity index (χ2v) is 7.07. The Labute approximate surface area is 146 Å². The lowest BCUT2D eigenvalue weighted by atomic mass is 10.0. The Hall–Kier alpha value is -2.30. The normalized spacial score (nSPS) is 17.7. The molecule has 5 heteroatoms. The maximum atomic E-state index is 12.3. The first-order chi connectivity index (χ1) is 12.1. The van der Waals surface area contributed by atoms with Crippen molar-refractivity contribution in [1.82, 2.24) is 4.90 Å². The Bertz CT molecular complexity index is 816. The molecule has 2 heterocycles. The van der Waals surface area contributed by atoms with Gasteiger partial charge in [0.1, 0.15) is 5.58 Å². The number of fused-ring (bicyclic) bond motifs is 2. The molecule has 0 saturated carbocycles. The summed E-state index contributed by atoms with van der Waals surface area (Å²) in [5.41, 5.74) is 4.35. The monoisotopic (exact) mass is 341 g/mol. The summed E-state index contributed by atoms with van der Waals surface area (Å²) >= 11 is 0. The van der Waals surface area contributed by atoms with Crippen LogP contribution in [0.4, 0.5) is 0 Å². The van der Waals surface area contributed by atoms with Gasteiger partial charge in [0.2, 0.25) is 0 Å². The van der Waals surface area contributed by atoms with E-state index >= 15 is 0 Å². The highest BCUT2D eigenvalue weighted by molar-refractivity contribution is 5.88. The number of amides is 1. The van der Waals surface area contributed by atoms with Gasteiger partial charge in [-0.15, -0.1) is 0 Å². The molecule has 0 spiro atoms. The number of esters is 1. The van der Waals surface area contributed by atoms with Crippen LogP contribution in [0.15, 0.2) is 22.8 Å². The molecule has 4 rings (SSSR count). The molecule has 1 aliphatic heterocycles. The number of carbonyl (C=O) groups excluding carboxylic acids is 2. The zero-order valence-electron chi connectivity index (χ0n) is 14.5. The fourth-order valence-corrected chi connectivity index (χ4v) is 3.92. The van der Waals surface area contributed by atoms with Crippen LogP contribution in [0.5, 0.6) is 0 Å². The largest absolute Gasteiger partial charge is 0.464 e. The van der Waals surface area contributed by atoms with Crippen molar-refractivity contribution in [2.45, 2.75) is 51.6 Å². The molecule has 1 fully saturated rings. The van der Waals surface area contributed by atoms with Crippen LogP contribution in [0.3, 0.4) is 0 Å². The molecule has 5 nitrogen and oxygen atoms in total. The number of carbonyl (C=O) groups is 2. The second-order valence-electron chi connectivity index (χ2n) is 7.07. The number of hydrogen-bond donors (Lipinski definition) is 0. The summed E-state index contributed by atoms with van der Waals surface area (Å²) in [6, 6.07) is 4.23. The Morgan fingerprint density at radius 2 is 1.88 bits per heavy atom. The highest BCUT2D eigenvalue weighted by atomic mass is 16.5. The highest BCUT2D eigenvalue weighted by Gasteiger charge is 2.26. The maximum absolute atomic E-state index is 12.3. The van der Waals surface area contributed by atoms with E-state index in [0.717, 1.165) is 55.3 Å². The number of hydrogen-bond acceptors (Lipinski definition) is 4. The van der Waals surface area contributed by atoms with Gasteiger partial charge in [0.25, 0.3) is 5.91 Å². The SMILES string of the molecule is C[C@H](OC(=O)Cc1coc2cc3c(cc12)CCC3)C(=O)N1CCCC1. The van der Waals surface area contributed by atoms with Crippen molar-refractivity contribution in [2.75, 3.05) is 13.1 Å². The summed E-state index contributed by atoms with van der Waals surface area (Å²) in [6.45, 7) is 3.18. The van der Waals surface area contributed by atoms with Crippen molar-refractivity contribution in [1.29, 1.82) is 0 Å². The van der Waals surface area contributed by atoms with E-state index in [1.165, 1.54) is 17.5 Å². The minimum atomic E-state index is -0.729. The predicted molar refractivity (Wildman–Crippen MR) is 93.3 cm³/mol. The lowest BCUT2D eigenvalue weighted by Crippen LogP contribution is -2.38. The molecule has 2 aliphatic rings. The number of furan rings is 1. The fraction of sp³-hybridized carbons (Fsp3) is 0.500. The smallest absolute Gasteiger partial charge is 0.311 e. The highest BCUT2D eigenvalue weighted by Crippen LogP contribution is 2.30. The lowest BCUT2D eigenvalue weighted by molar-refractivity contribution is -0.158. The van der Waals surface area contributed by atoms with Crippen LogP contribution in [0.2, 0.25) is 0 Å². The first kappa shape index (κ1) is 16.2. The molecule has 0 N–H and O–H groups in total. The Morgan fingerprint density at radius 3 is 2.64 bits per heavy atom. The molecular weight excluding hydrogens is 318 g/mol. The topological polar surface area (TPSA) is 59.8 Å². The standard InChI is InChI=1S/C20H23NO4/c1-13(20(23)21-7-2-3-8-21)25-19(22)11-16-12-24-18-10-15-6-4-5-14(15)9-17(16)18/h9-10,12-13H,2-8,11H2,1H3/t13-/m0/s1. The molecule has 132 valence electrons. The van der Waals surface area contributed by atoms with Gasteiger partial charge >= 0.3 is 5.97 Å². The van der Waals surface area contributed by atoms with Gasteiger partial charge in [-0.25, -0.2) is 0 Å². The van der Waals surface area contributed by atoms with Crippen LogP contribution >= 0.6 is 0 Å². The summed E-state index contributed by atoms with van der Waals surface area (Å²) in [7, 11) is 0. The van der Waals surface area contributed by atoms with Gasteiger partial charge in [0, 0.05) is 24.0 Å². The average molecular weight is 341 g/mol. The summed E-state index contributed by atoms with van der Waals surface area (Å²) in [5.74, 6) is -0.482. The molecule has 1 atom stereocenters. The number of ether oxygens (including phenoxy) is 1. The Kier molecular flexibility index (Phi) is 4.24. The molecule has 1 amide bonds. The first-order valence-electron chi connectivity index (χ1n) is 9.12. The van der Waals surface area contributed by atoms with Gasteiger partial charge in [-0.3, -0.25) is 9.59 Å². The van der Waals surface area contributed by atoms with Crippen LogP contribution in [-0.2, 0) is 33.6 Å². The third-order valence-electron chi connectivity index (χ3n) is 5.28. The molecule has 1 aromatic heterocycles. The van der Waals surface area contributed by atoms with Crippen molar-refractivity contribution in [3.63, 3.8) is 0 Å². The minimum Gasteiger partial charge on any atom is -0.464 e. The van der Waals surface area contributed by atoms with Gasteiger partial charge < -0.3 is 14.1 Å². The number of nitrogens with zero attached hydrogens (tertiary/aromatic N) is 1. The zero-order chi connectivity index (χ0) is 17.4. The molecule has 0 unspecified atom stereocenters. The van der Waals surface area contributed by atoms with Crippen LogP contribution in [0.25, 0.3) is 11.0 Å². The number of benzene rings is 1. The molecule has 1 aromatic carbocycles. The van der Waals surface area contributed by atoms with Gasteiger partial charge in [0.15, 0.2) is 6.10 Å². The lowest BCUT2D eigenvalue weighted by Gasteiger charge is -2.20. The van der Waals surface area contributed by atoms with E-state index in [9.17, 15) is 9.59 Å². The summed E-state index contributed by atoms with van der Waals surface area (Å²) in [5, 5.41) is 0.983. The van der Waals surface area contributed by atoms with Crippen LogP contribution < -0.4 is 0 Å². The van der Waals surface area contributed by atoms with E-state index in [0.29, 0.717) is 0 Å². The maximum Gasteiger partial charge on any atom is 0.311 e. The fourth-order valence-electron chi connectivity index (χ4n) is 3.92. The van der Waals surface area contributed by atoms with Crippen molar-refractivity contribution in [3.05, 3.63) is 35.1 Å². The molecule has 25 heavy (non-hydrogen) atoms. The first-order valence-corrected chi connectivity index (χ1v) is 9.12. The van der Waals surface area contributed by atoms with Crippen molar-refractivity contribution >= 4 is 22.8 Å². The van der Waals surface area contributed by atoms with E-state index in [-0.39, 0.29) is 18.3 Å². The average Bonchev–Trinajstić information content (AvgIpc) is 3.33. The summed E-state index contributed by atoms with van der Waals surface area (Å²) in [6.07, 6.45) is 6.44. The van der Waals surface area contributed by atoms with Gasteiger partial charge in [-0.05, 0) is 62.3 Å². The molecule has 2 aromatic rings. The van der Waals surface area contributed by atoms with Crippen LogP contribution in [0.1, 0.15) is 42.9 Å². The van der Waals surface area contributed by atoms with Gasteiger partial charge in [-0.2, -0.15) is 0 Å². The molecule has 0 radical (unpaired) electrons. The quantitative estimate of drug-likeness (QED) is 0.802. The Morgan fingerprint density at radius 1 is 1.16 bits per heavy atom. The summed E-state index contributed by atoms with van der Waals surface area (Å²) in [4.78, 5) is 26.3. The third-order valence-corrected chi connectivity index (χ3v) is 5.28. The van der Waals surface area contributed by atoms with Crippen LogP contribution in [-0.4, -0.2) is 36.0 Å². The van der Waals surface area contributed by atoms with E-state index in [1.54, 1.807) is 18.1 Å². The molecule has 1 aliphatic carbocycles. The van der Waals surface area contributed by atoms with E-state index in [1.807, 2.05) is 0 Å². The van der Waals surface area contributed by atoms with E-state index in [4.69, 9.17) is 9.15 Å². The predicted octanol–water partition coefficient (Wildman–Crippen LogP) is 3.02. The zero-order valence-corrected chi connectivity index (χ0v) is 14.5. The van der Waals surface area contributed by atoms with Crippen molar-refractivity contribution in [2.24, 2.45) is 0 Å². The molecule has 0 bridgehead atoms. The van der Waals surface area contributed by atoms with Crippen molar-refractivity contribution < 1.29 is 18.7 Å². The minimum absolute atomic E-state index is 0.0966. The number of aryl methyl sites for hydroxylation is 2. The second kappa shape index (κ2) is 6.54. The summed E-state index contributed by atoms with van der Waals surface area (Å²) < 4.78 is 11.0. The molecular formula is C20H23NO4. The van der Waals surface area contributed by atoms with Crippen molar-refractivity contribution in [3.8, 4) is 0 Å². The molecule has 1 saturated heterocycles.